The van der Waals surface area contributed by atoms with Crippen LogP contribution in [0.5, 0.6) is 0 Å². The van der Waals surface area contributed by atoms with E-state index in [1.165, 1.54) is 12.5 Å². The summed E-state index contributed by atoms with van der Waals surface area (Å²) < 4.78 is 12.1. The molecule has 4 aliphatic rings. The molecule has 0 saturated heterocycles. The second-order valence-electron chi connectivity index (χ2n) is 13.0. The summed E-state index contributed by atoms with van der Waals surface area (Å²) in [5, 5.41) is 4.25. The molecule has 3 fully saturated rings. The molecular weight excluding hydrogens is 458 g/mol. The fraction of sp³-hybridized carbons (Fsp3) is 0.821. The summed E-state index contributed by atoms with van der Waals surface area (Å²) in [4.78, 5) is 31.2. The van der Waals surface area contributed by atoms with Crippen molar-refractivity contribution in [3.63, 3.8) is 0 Å². The molecule has 0 aromatic rings. The SMILES string of the molecule is CON=C1C=C2C(C)CC3C(CCC4(C)C3CCC4(OC(C)=O)C(=O)CO[Si](C)(C)C)C2(C)CC1. The minimum atomic E-state index is -1.88. The van der Waals surface area contributed by atoms with Crippen LogP contribution < -0.4 is 0 Å². The van der Waals surface area contributed by atoms with Crippen LogP contribution in [0, 0.1) is 34.5 Å². The van der Waals surface area contributed by atoms with Crippen LogP contribution in [-0.4, -0.2) is 45.1 Å². The van der Waals surface area contributed by atoms with Crippen molar-refractivity contribution in [1.29, 1.82) is 0 Å². The number of carbonyl (C=O) groups excluding carboxylic acids is 2. The number of oxime groups is 1. The lowest BCUT2D eigenvalue weighted by atomic mass is 9.44. The van der Waals surface area contributed by atoms with Crippen LogP contribution in [0.2, 0.25) is 19.6 Å². The quantitative estimate of drug-likeness (QED) is 0.255. The van der Waals surface area contributed by atoms with Gasteiger partial charge in [-0.25, -0.2) is 0 Å². The fourth-order valence-corrected chi connectivity index (χ4v) is 9.07. The Hall–Kier alpha value is -1.47. The smallest absolute Gasteiger partial charge is 0.303 e. The Bertz CT molecular complexity index is 938. The lowest BCUT2D eigenvalue weighted by Gasteiger charge is -2.60. The molecular formula is C28H45NO5Si. The van der Waals surface area contributed by atoms with E-state index >= 15 is 0 Å². The first-order valence-electron chi connectivity index (χ1n) is 13.5. The summed E-state index contributed by atoms with van der Waals surface area (Å²) in [5.41, 5.74) is 1.30. The van der Waals surface area contributed by atoms with Gasteiger partial charge in [0.1, 0.15) is 7.11 Å². The van der Waals surface area contributed by atoms with Crippen molar-refractivity contribution in [3.8, 4) is 0 Å². The molecule has 0 radical (unpaired) electrons. The van der Waals surface area contributed by atoms with E-state index in [4.69, 9.17) is 14.0 Å². The van der Waals surface area contributed by atoms with Crippen molar-refractivity contribution >= 4 is 25.8 Å². The lowest BCUT2D eigenvalue weighted by molar-refractivity contribution is -0.189. The van der Waals surface area contributed by atoms with E-state index in [2.05, 4.69) is 51.6 Å². The highest BCUT2D eigenvalue weighted by Crippen LogP contribution is 2.69. The van der Waals surface area contributed by atoms with Crippen molar-refractivity contribution in [1.82, 2.24) is 0 Å². The van der Waals surface area contributed by atoms with Gasteiger partial charge in [0.25, 0.3) is 0 Å². The number of carbonyl (C=O) groups is 2. The first-order chi connectivity index (χ1) is 16.3. The Morgan fingerprint density at radius 2 is 1.80 bits per heavy atom. The Labute approximate surface area is 212 Å². The molecule has 7 unspecified atom stereocenters. The zero-order valence-corrected chi connectivity index (χ0v) is 24.0. The third-order valence-corrected chi connectivity index (χ3v) is 11.0. The number of hydrogen-bond acceptors (Lipinski definition) is 6. The third kappa shape index (κ3) is 4.34. The van der Waals surface area contributed by atoms with Crippen LogP contribution in [0.25, 0.3) is 0 Å². The number of Topliss-reactive ketones (excluding diaryl/α,β-unsaturated/α-hetero) is 1. The molecule has 0 aromatic heterocycles. The number of ether oxygens (including phenoxy) is 1. The number of fused-ring (bicyclic) bond motifs is 5. The van der Waals surface area contributed by atoms with Gasteiger partial charge < -0.3 is 14.0 Å². The number of allylic oxidation sites excluding steroid dienone is 2. The van der Waals surface area contributed by atoms with E-state index in [1.807, 2.05) is 0 Å². The predicted molar refractivity (Wildman–Crippen MR) is 139 cm³/mol. The minimum Gasteiger partial charge on any atom is -0.451 e. The topological polar surface area (TPSA) is 74.2 Å². The second-order valence-corrected chi connectivity index (χ2v) is 17.5. The molecule has 0 N–H and O–H groups in total. The highest BCUT2D eigenvalue weighted by Gasteiger charge is 2.68. The van der Waals surface area contributed by atoms with Crippen molar-refractivity contribution in [2.45, 2.75) is 97.9 Å². The average molecular weight is 504 g/mol. The van der Waals surface area contributed by atoms with Gasteiger partial charge in [0, 0.05) is 12.3 Å². The molecule has 0 bridgehead atoms. The molecule has 4 rings (SSSR count). The largest absolute Gasteiger partial charge is 0.451 e. The normalized spacial score (nSPS) is 41.9. The first-order valence-corrected chi connectivity index (χ1v) is 16.9. The maximum atomic E-state index is 13.8. The second kappa shape index (κ2) is 9.12. The summed E-state index contributed by atoms with van der Waals surface area (Å²) in [7, 11) is -0.258. The molecule has 35 heavy (non-hydrogen) atoms. The average Bonchev–Trinajstić information content (AvgIpc) is 3.05. The Morgan fingerprint density at radius 3 is 2.43 bits per heavy atom. The fourth-order valence-electron chi connectivity index (χ4n) is 8.51. The van der Waals surface area contributed by atoms with Gasteiger partial charge in [0.15, 0.2) is 13.9 Å². The van der Waals surface area contributed by atoms with E-state index < -0.39 is 13.9 Å². The highest BCUT2D eigenvalue weighted by atomic mass is 28.4. The van der Waals surface area contributed by atoms with Crippen molar-refractivity contribution in [2.24, 2.45) is 39.7 Å². The predicted octanol–water partition coefficient (Wildman–Crippen LogP) is 5.92. The van der Waals surface area contributed by atoms with Crippen LogP contribution in [0.3, 0.4) is 0 Å². The van der Waals surface area contributed by atoms with Crippen molar-refractivity contribution in [3.05, 3.63) is 11.6 Å². The van der Waals surface area contributed by atoms with Crippen molar-refractivity contribution < 1.29 is 23.6 Å². The molecule has 0 aromatic carbocycles. The summed E-state index contributed by atoms with van der Waals surface area (Å²) in [6.07, 6.45) is 8.95. The van der Waals surface area contributed by atoms with Crippen LogP contribution in [0.1, 0.15) is 72.6 Å². The molecule has 7 atom stereocenters. The van der Waals surface area contributed by atoms with Crippen LogP contribution in [-0.2, 0) is 23.6 Å². The highest BCUT2D eigenvalue weighted by molar-refractivity contribution is 6.69. The van der Waals surface area contributed by atoms with E-state index in [-0.39, 0.29) is 29.2 Å². The van der Waals surface area contributed by atoms with Gasteiger partial charge in [-0.1, -0.05) is 31.5 Å². The summed E-state index contributed by atoms with van der Waals surface area (Å²) in [5.74, 6) is 1.53. The van der Waals surface area contributed by atoms with Gasteiger partial charge in [-0.3, -0.25) is 9.59 Å². The monoisotopic (exact) mass is 503 g/mol. The zero-order valence-electron chi connectivity index (χ0n) is 23.0. The molecule has 196 valence electrons. The van der Waals surface area contributed by atoms with Crippen LogP contribution in [0.15, 0.2) is 16.8 Å². The van der Waals surface area contributed by atoms with E-state index in [0.29, 0.717) is 30.1 Å². The Morgan fingerprint density at radius 1 is 1.11 bits per heavy atom. The van der Waals surface area contributed by atoms with E-state index in [0.717, 1.165) is 44.2 Å². The number of esters is 1. The number of hydrogen-bond donors (Lipinski definition) is 0. The Kier molecular flexibility index (Phi) is 6.93. The van der Waals surface area contributed by atoms with Crippen LogP contribution in [0.4, 0.5) is 0 Å². The minimum absolute atomic E-state index is 0.0349. The van der Waals surface area contributed by atoms with Crippen molar-refractivity contribution in [2.75, 3.05) is 13.7 Å². The maximum absolute atomic E-state index is 13.8. The number of nitrogens with zero attached hydrogens (tertiary/aromatic N) is 1. The standard InChI is InChI=1S/C28H45NO5Si/c1-18-15-21-22(26(3)12-9-20(29-32-5)16-24(18)26)10-13-27(4)23(21)11-14-28(27,34-19(2)30)25(31)17-33-35(6,7)8/h16,18,21-23H,9-15,17H2,1-8H3. The van der Waals surface area contributed by atoms with Gasteiger partial charge in [-0.15, -0.1) is 0 Å². The van der Waals surface area contributed by atoms with E-state index in [9.17, 15) is 9.59 Å². The van der Waals surface area contributed by atoms with E-state index in [1.54, 1.807) is 7.11 Å². The Balaban J connectivity index is 1.67. The molecule has 0 spiro atoms. The number of rotatable bonds is 6. The zero-order chi connectivity index (χ0) is 25.8. The molecule has 3 saturated carbocycles. The molecule has 4 aliphatic carbocycles. The molecule has 0 heterocycles. The van der Waals surface area contributed by atoms with Gasteiger partial charge in [0.05, 0.1) is 12.3 Å². The number of ketones is 1. The van der Waals surface area contributed by atoms with Gasteiger partial charge in [-0.05, 0) is 99.7 Å². The molecule has 0 amide bonds. The van der Waals surface area contributed by atoms with Gasteiger partial charge in [0.2, 0.25) is 5.78 Å². The summed E-state index contributed by atoms with van der Waals surface area (Å²) >= 11 is 0. The van der Waals surface area contributed by atoms with Gasteiger partial charge in [-0.2, -0.15) is 0 Å². The summed E-state index contributed by atoms with van der Waals surface area (Å²) in [6, 6.07) is 0. The summed E-state index contributed by atoms with van der Waals surface area (Å²) in [6.45, 7) is 14.8. The lowest BCUT2D eigenvalue weighted by Crippen LogP contribution is -2.60. The first kappa shape index (κ1) is 26.6. The molecule has 6 nitrogen and oxygen atoms in total. The van der Waals surface area contributed by atoms with Gasteiger partial charge >= 0.3 is 5.97 Å². The molecule has 0 aliphatic heterocycles. The van der Waals surface area contributed by atoms with Crippen LogP contribution >= 0.6 is 0 Å². The third-order valence-electron chi connectivity index (χ3n) is 10.0. The maximum Gasteiger partial charge on any atom is 0.303 e. The molecule has 7 heteroatoms.